The lowest BCUT2D eigenvalue weighted by atomic mass is 9.91. The second-order valence-corrected chi connectivity index (χ2v) is 12.0. The van der Waals surface area contributed by atoms with Gasteiger partial charge in [0.15, 0.2) is 11.6 Å². The highest BCUT2D eigenvalue weighted by Gasteiger charge is 2.31. The zero-order valence-corrected chi connectivity index (χ0v) is 24.9. The first-order chi connectivity index (χ1) is 19.4. The molecular formula is C29H36N6O5S. The van der Waals surface area contributed by atoms with Gasteiger partial charge in [0.1, 0.15) is 11.5 Å². The molecule has 0 fully saturated rings. The van der Waals surface area contributed by atoms with Crippen molar-refractivity contribution in [1.29, 1.82) is 0 Å². The Labute approximate surface area is 240 Å². The molecule has 1 heterocycles. The van der Waals surface area contributed by atoms with Crippen LogP contribution >= 0.6 is 0 Å². The van der Waals surface area contributed by atoms with Gasteiger partial charge in [0.2, 0.25) is 0 Å². The molecule has 1 aliphatic rings. The summed E-state index contributed by atoms with van der Waals surface area (Å²) in [5, 5.41) is 3.35. The number of sulfonamides is 1. The van der Waals surface area contributed by atoms with E-state index in [1.54, 1.807) is 62.6 Å². The quantitative estimate of drug-likeness (QED) is 0.349. The molecule has 218 valence electrons. The molecule has 1 aromatic heterocycles. The van der Waals surface area contributed by atoms with Crippen molar-refractivity contribution in [3.63, 3.8) is 0 Å². The van der Waals surface area contributed by atoms with Crippen molar-refractivity contribution in [3.8, 4) is 0 Å². The van der Waals surface area contributed by atoms with Gasteiger partial charge in [-0.3, -0.25) is 9.52 Å². The van der Waals surface area contributed by atoms with Gasteiger partial charge in [-0.05, 0) is 57.4 Å². The van der Waals surface area contributed by atoms with Crippen LogP contribution in [0.3, 0.4) is 0 Å². The van der Waals surface area contributed by atoms with Gasteiger partial charge >= 0.3 is 0 Å². The van der Waals surface area contributed by atoms with Crippen LogP contribution in [0.4, 0.5) is 11.6 Å². The average Bonchev–Trinajstić information content (AvgIpc) is 2.95. The number of fused-ring (bicyclic) bond motifs is 1. The van der Waals surface area contributed by atoms with E-state index in [4.69, 9.17) is 14.5 Å². The lowest BCUT2D eigenvalue weighted by Gasteiger charge is -2.32. The fourth-order valence-corrected chi connectivity index (χ4v) is 5.45. The Morgan fingerprint density at radius 1 is 0.976 bits per heavy atom. The van der Waals surface area contributed by atoms with Crippen LogP contribution in [0.15, 0.2) is 77.1 Å². The summed E-state index contributed by atoms with van der Waals surface area (Å²) < 4.78 is 40.8. The van der Waals surface area contributed by atoms with Gasteiger partial charge in [-0.1, -0.05) is 18.2 Å². The Kier molecular flexibility index (Phi) is 8.83. The van der Waals surface area contributed by atoms with Crippen molar-refractivity contribution < 1.29 is 22.7 Å². The third kappa shape index (κ3) is 7.14. The molecular weight excluding hydrogens is 544 g/mol. The number of anilines is 2. The fourth-order valence-electron chi connectivity index (χ4n) is 4.39. The van der Waals surface area contributed by atoms with Crippen molar-refractivity contribution in [2.75, 3.05) is 58.5 Å². The molecule has 2 N–H and O–H groups in total. The predicted octanol–water partition coefficient (Wildman–Crippen LogP) is 3.70. The van der Waals surface area contributed by atoms with E-state index in [0.717, 1.165) is 0 Å². The Morgan fingerprint density at radius 3 is 2.29 bits per heavy atom. The number of carbonyl (C=O) groups excluding carboxylic acids is 1. The molecule has 1 aliphatic carbocycles. The van der Waals surface area contributed by atoms with E-state index >= 15 is 0 Å². The fraction of sp³-hybridized carbons (Fsp3) is 0.345. The molecule has 0 radical (unpaired) electrons. The predicted molar refractivity (Wildman–Crippen MR) is 159 cm³/mol. The van der Waals surface area contributed by atoms with E-state index in [9.17, 15) is 13.2 Å². The summed E-state index contributed by atoms with van der Waals surface area (Å²) >= 11 is 0. The summed E-state index contributed by atoms with van der Waals surface area (Å²) in [6.07, 6.45) is 4.14. The highest BCUT2D eigenvalue weighted by molar-refractivity contribution is 7.92. The van der Waals surface area contributed by atoms with E-state index < -0.39 is 15.6 Å². The van der Waals surface area contributed by atoms with Crippen LogP contribution in [0, 0.1) is 0 Å². The number of nitrogens with zero attached hydrogens (tertiary/aromatic N) is 4. The van der Waals surface area contributed by atoms with Gasteiger partial charge in [-0.2, -0.15) is 0 Å². The molecule has 41 heavy (non-hydrogen) atoms. The van der Waals surface area contributed by atoms with Gasteiger partial charge in [0.25, 0.3) is 15.9 Å². The van der Waals surface area contributed by atoms with Crippen molar-refractivity contribution in [3.05, 3.63) is 77.8 Å². The summed E-state index contributed by atoms with van der Waals surface area (Å²) in [5.41, 5.74) is 0.639. The van der Waals surface area contributed by atoms with Crippen molar-refractivity contribution in [2.45, 2.75) is 23.8 Å². The molecule has 2 aromatic carbocycles. The minimum absolute atomic E-state index is 0.0191. The number of nitrogens with one attached hydrogen (secondary N) is 2. The number of likely N-dealkylation sites (N-methyl/N-ethyl adjacent to an activating group) is 2. The number of allylic oxidation sites excluding steroid dienone is 1. The zero-order valence-electron chi connectivity index (χ0n) is 24.1. The van der Waals surface area contributed by atoms with Gasteiger partial charge in [-0.25, -0.2) is 18.4 Å². The van der Waals surface area contributed by atoms with Crippen molar-refractivity contribution in [1.82, 2.24) is 19.8 Å². The maximum atomic E-state index is 13.6. The standard InChI is InChI=1S/C29H36N6O5S/c1-29(18-21(39-5)17-22(19-29)40-6)32-26-27(31-25-13-8-7-12-24(25)30-26)33-41(37,38)23-11-9-10-20(16-23)28(36)35(4)15-14-34(2)3/h7-13,16-18H,14-15,19H2,1-6H3,(H,30,32)(H,31,33). The van der Waals surface area contributed by atoms with Crippen LogP contribution in [0.25, 0.3) is 11.0 Å². The molecule has 0 aliphatic heterocycles. The SMILES string of the molecule is COC1=CC(C)(Nc2nc3ccccc3nc2NS(=O)(=O)c2cccc(C(=O)N(C)CCN(C)C)c2)CC(OC)=C1. The lowest BCUT2D eigenvalue weighted by Crippen LogP contribution is -2.36. The monoisotopic (exact) mass is 580 g/mol. The van der Waals surface area contributed by atoms with Gasteiger partial charge < -0.3 is 24.6 Å². The molecule has 11 nitrogen and oxygen atoms in total. The minimum atomic E-state index is -4.15. The molecule has 0 bridgehead atoms. The molecule has 12 heteroatoms. The van der Waals surface area contributed by atoms with Crippen LogP contribution in [0.2, 0.25) is 0 Å². The number of methoxy groups -OCH3 is 2. The summed E-state index contributed by atoms with van der Waals surface area (Å²) in [7, 11) is 4.53. The Hall–Kier alpha value is -4.16. The maximum Gasteiger partial charge on any atom is 0.263 e. The summed E-state index contributed by atoms with van der Waals surface area (Å²) in [6.45, 7) is 3.11. The van der Waals surface area contributed by atoms with Crippen LogP contribution in [0.1, 0.15) is 23.7 Å². The summed E-state index contributed by atoms with van der Waals surface area (Å²) in [5.74, 6) is 1.26. The zero-order chi connectivity index (χ0) is 29.8. The van der Waals surface area contributed by atoms with Gasteiger partial charge in [0.05, 0.1) is 35.7 Å². The number of aromatic nitrogens is 2. The number of para-hydroxylation sites is 2. The highest BCUT2D eigenvalue weighted by Crippen LogP contribution is 2.33. The smallest absolute Gasteiger partial charge is 0.263 e. The van der Waals surface area contributed by atoms with E-state index in [1.165, 1.54) is 12.1 Å². The first-order valence-corrected chi connectivity index (χ1v) is 14.5. The second kappa shape index (κ2) is 12.1. The minimum Gasteiger partial charge on any atom is -0.501 e. The van der Waals surface area contributed by atoms with Gasteiger partial charge in [0, 0.05) is 38.2 Å². The average molecular weight is 581 g/mol. The van der Waals surface area contributed by atoms with Crippen LogP contribution in [-0.4, -0.2) is 88.1 Å². The molecule has 1 atom stereocenters. The van der Waals surface area contributed by atoms with E-state index in [2.05, 4.69) is 15.0 Å². The first-order valence-electron chi connectivity index (χ1n) is 13.0. The number of amides is 1. The van der Waals surface area contributed by atoms with Crippen LogP contribution in [-0.2, 0) is 19.5 Å². The topological polar surface area (TPSA) is 126 Å². The largest absolute Gasteiger partial charge is 0.501 e. The number of hydrogen-bond acceptors (Lipinski definition) is 9. The molecule has 0 saturated heterocycles. The number of ether oxygens (including phenoxy) is 2. The molecule has 1 unspecified atom stereocenters. The van der Waals surface area contributed by atoms with E-state index in [1.807, 2.05) is 38.1 Å². The normalized spacial score (nSPS) is 17.0. The maximum absolute atomic E-state index is 13.6. The molecule has 0 saturated carbocycles. The van der Waals surface area contributed by atoms with E-state index in [0.29, 0.717) is 42.1 Å². The molecule has 0 spiro atoms. The number of benzene rings is 2. The molecule has 1 amide bonds. The van der Waals surface area contributed by atoms with Crippen molar-refractivity contribution >= 4 is 38.6 Å². The number of hydrogen-bond donors (Lipinski definition) is 2. The second-order valence-electron chi connectivity index (χ2n) is 10.4. The first kappa shape index (κ1) is 29.8. The highest BCUT2D eigenvalue weighted by atomic mass is 32.2. The third-order valence-corrected chi connectivity index (χ3v) is 7.97. The number of carbonyl (C=O) groups is 1. The van der Waals surface area contributed by atoms with Crippen LogP contribution < -0.4 is 10.0 Å². The number of rotatable bonds is 11. The summed E-state index contributed by atoms with van der Waals surface area (Å²) in [6, 6.07) is 13.1. The third-order valence-electron chi connectivity index (χ3n) is 6.63. The Morgan fingerprint density at radius 2 is 1.66 bits per heavy atom. The summed E-state index contributed by atoms with van der Waals surface area (Å²) in [4.78, 5) is 25.7. The Bertz CT molecular complexity index is 1600. The van der Waals surface area contributed by atoms with Crippen LogP contribution in [0.5, 0.6) is 0 Å². The molecule has 4 rings (SSSR count). The lowest BCUT2D eigenvalue weighted by molar-refractivity contribution is 0.0786. The Balaban J connectivity index is 1.68. The van der Waals surface area contributed by atoms with E-state index in [-0.39, 0.29) is 28.0 Å². The van der Waals surface area contributed by atoms with Crippen molar-refractivity contribution in [2.24, 2.45) is 0 Å². The van der Waals surface area contributed by atoms with Gasteiger partial charge in [-0.15, -0.1) is 0 Å². The molecule has 3 aromatic rings.